The van der Waals surface area contributed by atoms with Crippen LogP contribution < -0.4 is 0 Å². The standard InChI is InChI=1S/C12H13ClF2O2/c1-6-7(2-3-17-6)12(16)8-4-10(14)11(15)5-9(8)13/h4-7,12,16H,2-3H2,1H3. The van der Waals surface area contributed by atoms with Crippen molar-refractivity contribution in [2.75, 3.05) is 6.61 Å². The summed E-state index contributed by atoms with van der Waals surface area (Å²) in [5.41, 5.74) is 0.216. The molecule has 1 aromatic carbocycles. The fourth-order valence-electron chi connectivity index (χ4n) is 2.16. The van der Waals surface area contributed by atoms with Crippen molar-refractivity contribution in [3.63, 3.8) is 0 Å². The van der Waals surface area contributed by atoms with E-state index in [1.54, 1.807) is 0 Å². The van der Waals surface area contributed by atoms with Crippen LogP contribution in [0.25, 0.3) is 0 Å². The highest BCUT2D eigenvalue weighted by atomic mass is 35.5. The van der Waals surface area contributed by atoms with Gasteiger partial charge >= 0.3 is 0 Å². The summed E-state index contributed by atoms with van der Waals surface area (Å²) >= 11 is 5.82. The van der Waals surface area contributed by atoms with Crippen LogP contribution in [0.15, 0.2) is 12.1 Å². The largest absolute Gasteiger partial charge is 0.388 e. The number of hydrogen-bond donors (Lipinski definition) is 1. The Bertz CT molecular complexity index is 425. The minimum Gasteiger partial charge on any atom is -0.388 e. The predicted octanol–water partition coefficient (Wildman–Crippen LogP) is 3.08. The van der Waals surface area contributed by atoms with Gasteiger partial charge in [-0.1, -0.05) is 11.6 Å². The molecule has 0 spiro atoms. The summed E-state index contributed by atoms with van der Waals surface area (Å²) in [6.07, 6.45) is -0.373. The third-order valence-corrected chi connectivity index (χ3v) is 3.53. The molecule has 2 rings (SSSR count). The van der Waals surface area contributed by atoms with E-state index in [9.17, 15) is 13.9 Å². The number of hydrogen-bond acceptors (Lipinski definition) is 2. The Hall–Kier alpha value is -0.710. The van der Waals surface area contributed by atoms with Crippen LogP contribution >= 0.6 is 11.6 Å². The Kier molecular flexibility index (Phi) is 3.66. The first-order valence-electron chi connectivity index (χ1n) is 5.45. The molecule has 17 heavy (non-hydrogen) atoms. The molecule has 1 aromatic rings. The molecule has 1 aliphatic rings. The summed E-state index contributed by atoms with van der Waals surface area (Å²) in [4.78, 5) is 0. The summed E-state index contributed by atoms with van der Waals surface area (Å²) in [5.74, 6) is -2.16. The normalized spacial score (nSPS) is 26.2. The summed E-state index contributed by atoms with van der Waals surface area (Å²) < 4.78 is 31.4. The van der Waals surface area contributed by atoms with Crippen molar-refractivity contribution in [3.05, 3.63) is 34.4 Å². The molecular weight excluding hydrogens is 250 g/mol. The molecule has 0 aliphatic carbocycles. The monoisotopic (exact) mass is 262 g/mol. The predicted molar refractivity (Wildman–Crippen MR) is 59.8 cm³/mol. The van der Waals surface area contributed by atoms with Crippen LogP contribution in [0.1, 0.15) is 25.0 Å². The van der Waals surface area contributed by atoms with Crippen molar-refractivity contribution in [2.45, 2.75) is 25.6 Å². The van der Waals surface area contributed by atoms with Crippen LogP contribution in [-0.4, -0.2) is 17.8 Å². The zero-order valence-corrected chi connectivity index (χ0v) is 10.0. The van der Waals surface area contributed by atoms with Crippen molar-refractivity contribution >= 4 is 11.6 Å². The second-order valence-corrected chi connectivity index (χ2v) is 4.67. The van der Waals surface area contributed by atoms with Crippen LogP contribution in [-0.2, 0) is 4.74 Å². The Morgan fingerprint density at radius 3 is 2.65 bits per heavy atom. The van der Waals surface area contributed by atoms with Crippen molar-refractivity contribution in [1.82, 2.24) is 0 Å². The van der Waals surface area contributed by atoms with Crippen LogP contribution in [0.3, 0.4) is 0 Å². The molecule has 0 bridgehead atoms. The number of aliphatic hydroxyl groups excluding tert-OH is 1. The molecule has 0 aromatic heterocycles. The Morgan fingerprint density at radius 2 is 2.06 bits per heavy atom. The molecule has 94 valence electrons. The Balaban J connectivity index is 2.30. The summed E-state index contributed by atoms with van der Waals surface area (Å²) in [6.45, 7) is 2.40. The first-order valence-corrected chi connectivity index (χ1v) is 5.82. The van der Waals surface area contributed by atoms with E-state index in [2.05, 4.69) is 0 Å². The van der Waals surface area contributed by atoms with Crippen molar-refractivity contribution in [1.29, 1.82) is 0 Å². The van der Waals surface area contributed by atoms with Gasteiger partial charge in [0.1, 0.15) is 0 Å². The van der Waals surface area contributed by atoms with Gasteiger partial charge in [0.2, 0.25) is 0 Å². The van der Waals surface area contributed by atoms with Gasteiger partial charge in [-0.2, -0.15) is 0 Å². The summed E-state index contributed by atoms with van der Waals surface area (Å²) in [7, 11) is 0. The molecule has 0 amide bonds. The number of halogens is 3. The van der Waals surface area contributed by atoms with Crippen molar-refractivity contribution < 1.29 is 18.6 Å². The molecule has 0 saturated carbocycles. The minimum absolute atomic E-state index is 0.0375. The van der Waals surface area contributed by atoms with Gasteiger partial charge in [-0.05, 0) is 25.5 Å². The first-order chi connectivity index (χ1) is 8.00. The van der Waals surface area contributed by atoms with Gasteiger partial charge in [-0.15, -0.1) is 0 Å². The van der Waals surface area contributed by atoms with E-state index in [4.69, 9.17) is 16.3 Å². The van der Waals surface area contributed by atoms with Gasteiger partial charge in [-0.25, -0.2) is 8.78 Å². The minimum atomic E-state index is -1.01. The number of ether oxygens (including phenoxy) is 1. The lowest BCUT2D eigenvalue weighted by atomic mass is 9.90. The maximum atomic E-state index is 13.1. The van der Waals surface area contributed by atoms with Gasteiger partial charge < -0.3 is 9.84 Å². The van der Waals surface area contributed by atoms with Crippen LogP contribution in [0.2, 0.25) is 5.02 Å². The number of aliphatic hydroxyl groups is 1. The zero-order chi connectivity index (χ0) is 12.6. The molecular formula is C12H13ClF2O2. The van der Waals surface area contributed by atoms with Crippen LogP contribution in [0.4, 0.5) is 8.78 Å². The Labute approximate surface area is 103 Å². The van der Waals surface area contributed by atoms with E-state index >= 15 is 0 Å². The highest BCUT2D eigenvalue weighted by Gasteiger charge is 2.33. The highest BCUT2D eigenvalue weighted by Crippen LogP contribution is 2.36. The molecule has 1 saturated heterocycles. The topological polar surface area (TPSA) is 29.5 Å². The van der Waals surface area contributed by atoms with E-state index in [0.717, 1.165) is 12.1 Å². The second kappa shape index (κ2) is 4.88. The lowest BCUT2D eigenvalue weighted by Crippen LogP contribution is -2.20. The van der Waals surface area contributed by atoms with Crippen LogP contribution in [0, 0.1) is 17.6 Å². The Morgan fingerprint density at radius 1 is 1.41 bits per heavy atom. The quantitative estimate of drug-likeness (QED) is 0.830. The molecule has 1 heterocycles. The maximum absolute atomic E-state index is 13.1. The van der Waals surface area contributed by atoms with Gasteiger partial charge in [0.25, 0.3) is 0 Å². The number of benzene rings is 1. The second-order valence-electron chi connectivity index (χ2n) is 4.26. The van der Waals surface area contributed by atoms with E-state index < -0.39 is 17.7 Å². The van der Waals surface area contributed by atoms with Gasteiger partial charge in [-0.3, -0.25) is 0 Å². The molecule has 3 atom stereocenters. The van der Waals surface area contributed by atoms with E-state index in [1.165, 1.54) is 0 Å². The highest BCUT2D eigenvalue weighted by molar-refractivity contribution is 6.31. The molecule has 2 nitrogen and oxygen atoms in total. The van der Waals surface area contributed by atoms with Crippen LogP contribution in [0.5, 0.6) is 0 Å². The first kappa shape index (κ1) is 12.7. The van der Waals surface area contributed by atoms with E-state index in [0.29, 0.717) is 13.0 Å². The van der Waals surface area contributed by atoms with Gasteiger partial charge in [0.05, 0.1) is 12.2 Å². The fourth-order valence-corrected chi connectivity index (χ4v) is 2.42. The van der Waals surface area contributed by atoms with Crippen molar-refractivity contribution in [3.8, 4) is 0 Å². The zero-order valence-electron chi connectivity index (χ0n) is 9.29. The molecule has 1 aliphatic heterocycles. The smallest absolute Gasteiger partial charge is 0.160 e. The summed E-state index contributed by atoms with van der Waals surface area (Å²) in [5, 5.41) is 10.2. The van der Waals surface area contributed by atoms with E-state index in [1.807, 2.05) is 6.92 Å². The third-order valence-electron chi connectivity index (χ3n) is 3.20. The SMILES string of the molecule is CC1OCCC1C(O)c1cc(F)c(F)cc1Cl. The molecule has 3 unspecified atom stereocenters. The van der Waals surface area contributed by atoms with E-state index in [-0.39, 0.29) is 22.6 Å². The van der Waals surface area contributed by atoms with Gasteiger partial charge in [0.15, 0.2) is 11.6 Å². The van der Waals surface area contributed by atoms with Crippen molar-refractivity contribution in [2.24, 2.45) is 5.92 Å². The lowest BCUT2D eigenvalue weighted by molar-refractivity contribution is 0.0430. The molecule has 0 radical (unpaired) electrons. The molecule has 5 heteroatoms. The molecule has 1 N–H and O–H groups in total. The fraction of sp³-hybridized carbons (Fsp3) is 0.500. The average molecular weight is 263 g/mol. The molecule has 1 fully saturated rings. The number of rotatable bonds is 2. The maximum Gasteiger partial charge on any atom is 0.160 e. The average Bonchev–Trinajstić information content (AvgIpc) is 2.69. The lowest BCUT2D eigenvalue weighted by Gasteiger charge is -2.22. The van der Waals surface area contributed by atoms with Gasteiger partial charge in [0, 0.05) is 23.1 Å². The third kappa shape index (κ3) is 2.44. The summed E-state index contributed by atoms with van der Waals surface area (Å²) in [6, 6.07) is 1.84.